The molecule has 0 aromatic carbocycles. The lowest BCUT2D eigenvalue weighted by molar-refractivity contribution is -0.140. The Hall–Kier alpha value is -1.16. The number of aliphatic imine (C=N–C) groups is 1. The fraction of sp³-hybridized carbons (Fsp3) is 0.714. The first-order valence-electron chi connectivity index (χ1n) is 6.33. The minimum absolute atomic E-state index is 0.264. The van der Waals surface area contributed by atoms with Gasteiger partial charge in [0.25, 0.3) is 0 Å². The SMILES string of the molecule is C=C(C)C(=O)OCCOCCN=C(C)CC(C)C. The van der Waals surface area contributed by atoms with Crippen molar-refractivity contribution in [3.05, 3.63) is 12.2 Å². The third-order valence-electron chi connectivity index (χ3n) is 2.13. The van der Waals surface area contributed by atoms with Crippen LogP contribution in [0.3, 0.4) is 0 Å². The molecule has 0 aromatic heterocycles. The number of esters is 1. The van der Waals surface area contributed by atoms with E-state index < -0.39 is 0 Å². The molecule has 0 saturated carbocycles. The van der Waals surface area contributed by atoms with Crippen LogP contribution in [0.25, 0.3) is 0 Å². The number of nitrogens with zero attached hydrogens (tertiary/aromatic N) is 1. The van der Waals surface area contributed by atoms with Crippen LogP contribution in [-0.4, -0.2) is 38.0 Å². The van der Waals surface area contributed by atoms with Crippen molar-refractivity contribution < 1.29 is 14.3 Å². The largest absolute Gasteiger partial charge is 0.460 e. The van der Waals surface area contributed by atoms with Gasteiger partial charge in [0.1, 0.15) is 6.61 Å². The van der Waals surface area contributed by atoms with Crippen LogP contribution in [0.5, 0.6) is 0 Å². The van der Waals surface area contributed by atoms with E-state index in [0.29, 0.717) is 31.2 Å². The molecule has 0 N–H and O–H groups in total. The minimum atomic E-state index is -0.371. The molecule has 0 rings (SSSR count). The lowest BCUT2D eigenvalue weighted by Gasteiger charge is -2.06. The summed E-state index contributed by atoms with van der Waals surface area (Å²) >= 11 is 0. The van der Waals surface area contributed by atoms with Crippen LogP contribution in [0, 0.1) is 5.92 Å². The number of carbonyl (C=O) groups excluding carboxylic acids is 1. The molecule has 0 aromatic rings. The summed E-state index contributed by atoms with van der Waals surface area (Å²) in [6, 6.07) is 0. The van der Waals surface area contributed by atoms with Crippen molar-refractivity contribution in [2.24, 2.45) is 10.9 Å². The number of ether oxygens (including phenoxy) is 2. The van der Waals surface area contributed by atoms with Gasteiger partial charge in [-0.1, -0.05) is 20.4 Å². The molecule has 0 bridgehead atoms. The van der Waals surface area contributed by atoms with Gasteiger partial charge in [-0.2, -0.15) is 0 Å². The molecule has 0 aliphatic heterocycles. The lowest BCUT2D eigenvalue weighted by Crippen LogP contribution is -2.12. The molecule has 0 saturated heterocycles. The van der Waals surface area contributed by atoms with Gasteiger partial charge in [-0.3, -0.25) is 4.99 Å². The summed E-state index contributed by atoms with van der Waals surface area (Å²) < 4.78 is 10.2. The van der Waals surface area contributed by atoms with Gasteiger partial charge in [-0.15, -0.1) is 0 Å². The van der Waals surface area contributed by atoms with Crippen molar-refractivity contribution in [3.63, 3.8) is 0 Å². The van der Waals surface area contributed by atoms with E-state index in [9.17, 15) is 4.79 Å². The number of rotatable bonds is 9. The first kappa shape index (κ1) is 16.8. The standard InChI is InChI=1S/C14H25NO3/c1-11(2)10-13(5)15-6-7-17-8-9-18-14(16)12(3)4/h11H,3,6-10H2,1-2,4-5H3. The van der Waals surface area contributed by atoms with E-state index in [4.69, 9.17) is 9.47 Å². The Morgan fingerprint density at radius 3 is 2.44 bits per heavy atom. The number of hydrogen-bond donors (Lipinski definition) is 0. The topological polar surface area (TPSA) is 47.9 Å². The number of carbonyl (C=O) groups is 1. The van der Waals surface area contributed by atoms with Crippen molar-refractivity contribution >= 4 is 11.7 Å². The maximum atomic E-state index is 11.0. The van der Waals surface area contributed by atoms with E-state index in [1.54, 1.807) is 6.92 Å². The second kappa shape index (κ2) is 9.83. The first-order chi connectivity index (χ1) is 8.43. The summed E-state index contributed by atoms with van der Waals surface area (Å²) in [5.74, 6) is 0.264. The maximum Gasteiger partial charge on any atom is 0.333 e. The van der Waals surface area contributed by atoms with Crippen LogP contribution in [0.4, 0.5) is 0 Å². The third kappa shape index (κ3) is 10.0. The second-order valence-electron chi connectivity index (χ2n) is 4.74. The molecule has 0 amide bonds. The van der Waals surface area contributed by atoms with Crippen molar-refractivity contribution in [2.45, 2.75) is 34.1 Å². The fourth-order valence-electron chi connectivity index (χ4n) is 1.37. The summed E-state index contributed by atoms with van der Waals surface area (Å²) in [6.07, 6.45) is 1.02. The Kier molecular flexibility index (Phi) is 9.19. The molecular formula is C14H25NO3. The highest BCUT2D eigenvalue weighted by Crippen LogP contribution is 2.00. The zero-order valence-electron chi connectivity index (χ0n) is 12.0. The van der Waals surface area contributed by atoms with E-state index in [2.05, 4.69) is 25.4 Å². The molecule has 104 valence electrons. The van der Waals surface area contributed by atoms with Crippen LogP contribution >= 0.6 is 0 Å². The summed E-state index contributed by atoms with van der Waals surface area (Å²) in [4.78, 5) is 15.4. The van der Waals surface area contributed by atoms with Crippen LogP contribution in [0.15, 0.2) is 17.1 Å². The van der Waals surface area contributed by atoms with Crippen molar-refractivity contribution in [1.82, 2.24) is 0 Å². The highest BCUT2D eigenvalue weighted by Gasteiger charge is 2.01. The third-order valence-corrected chi connectivity index (χ3v) is 2.13. The zero-order chi connectivity index (χ0) is 14.0. The summed E-state index contributed by atoms with van der Waals surface area (Å²) in [7, 11) is 0. The van der Waals surface area contributed by atoms with Crippen LogP contribution in [0.2, 0.25) is 0 Å². The van der Waals surface area contributed by atoms with Gasteiger partial charge in [-0.25, -0.2) is 4.79 Å². The summed E-state index contributed by atoms with van der Waals surface area (Å²) in [5.41, 5.74) is 1.56. The zero-order valence-corrected chi connectivity index (χ0v) is 12.0. The molecular weight excluding hydrogens is 230 g/mol. The highest BCUT2D eigenvalue weighted by molar-refractivity contribution is 5.86. The van der Waals surface area contributed by atoms with Gasteiger partial charge < -0.3 is 9.47 Å². The Balaban J connectivity index is 3.46. The van der Waals surface area contributed by atoms with E-state index >= 15 is 0 Å². The fourth-order valence-corrected chi connectivity index (χ4v) is 1.37. The van der Waals surface area contributed by atoms with Crippen LogP contribution < -0.4 is 0 Å². The van der Waals surface area contributed by atoms with E-state index in [0.717, 1.165) is 12.1 Å². The first-order valence-corrected chi connectivity index (χ1v) is 6.33. The molecule has 0 radical (unpaired) electrons. The Bertz CT molecular complexity index is 295. The molecule has 4 nitrogen and oxygen atoms in total. The monoisotopic (exact) mass is 255 g/mol. The Morgan fingerprint density at radius 1 is 1.22 bits per heavy atom. The Morgan fingerprint density at radius 2 is 1.89 bits per heavy atom. The van der Waals surface area contributed by atoms with Crippen LogP contribution in [-0.2, 0) is 14.3 Å². The quantitative estimate of drug-likeness (QED) is 0.275. The van der Waals surface area contributed by atoms with Crippen molar-refractivity contribution in [2.75, 3.05) is 26.4 Å². The van der Waals surface area contributed by atoms with E-state index in [1.165, 1.54) is 0 Å². The molecule has 0 aliphatic carbocycles. The van der Waals surface area contributed by atoms with Gasteiger partial charge >= 0.3 is 5.97 Å². The minimum Gasteiger partial charge on any atom is -0.460 e. The molecule has 0 aliphatic rings. The molecule has 4 heteroatoms. The maximum absolute atomic E-state index is 11.0. The Labute approximate surface area is 110 Å². The second-order valence-corrected chi connectivity index (χ2v) is 4.74. The summed E-state index contributed by atoms with van der Waals surface area (Å²) in [6.45, 7) is 13.4. The predicted octanol–water partition coefficient (Wildman–Crippen LogP) is 2.63. The van der Waals surface area contributed by atoms with Crippen LogP contribution in [0.1, 0.15) is 34.1 Å². The normalized spacial score (nSPS) is 11.7. The molecule has 0 atom stereocenters. The van der Waals surface area contributed by atoms with E-state index in [1.807, 2.05) is 6.92 Å². The predicted molar refractivity (Wildman–Crippen MR) is 74.0 cm³/mol. The highest BCUT2D eigenvalue weighted by atomic mass is 16.6. The molecule has 0 unspecified atom stereocenters. The van der Waals surface area contributed by atoms with Gasteiger partial charge in [0, 0.05) is 11.3 Å². The molecule has 0 heterocycles. The van der Waals surface area contributed by atoms with Crippen molar-refractivity contribution in [1.29, 1.82) is 0 Å². The van der Waals surface area contributed by atoms with Gasteiger partial charge in [0.05, 0.1) is 19.8 Å². The molecule has 0 spiro atoms. The molecule has 18 heavy (non-hydrogen) atoms. The lowest BCUT2D eigenvalue weighted by atomic mass is 10.1. The van der Waals surface area contributed by atoms with Crippen molar-refractivity contribution in [3.8, 4) is 0 Å². The van der Waals surface area contributed by atoms with Gasteiger partial charge in [-0.05, 0) is 26.2 Å². The summed E-state index contributed by atoms with van der Waals surface area (Å²) in [5, 5.41) is 0. The molecule has 0 fully saturated rings. The van der Waals surface area contributed by atoms with E-state index in [-0.39, 0.29) is 12.6 Å². The van der Waals surface area contributed by atoms with Gasteiger partial charge in [0.15, 0.2) is 0 Å². The smallest absolute Gasteiger partial charge is 0.333 e. The van der Waals surface area contributed by atoms with Gasteiger partial charge in [0.2, 0.25) is 0 Å². The average Bonchev–Trinajstić information content (AvgIpc) is 2.26. The average molecular weight is 255 g/mol. The number of hydrogen-bond acceptors (Lipinski definition) is 4.